The molecule has 11 nitrogen and oxygen atoms in total. The normalized spacial score (nSPS) is 24.9. The van der Waals surface area contributed by atoms with Crippen LogP contribution in [0.2, 0.25) is 0 Å². The van der Waals surface area contributed by atoms with Gasteiger partial charge in [0.05, 0.1) is 22.9 Å². The van der Waals surface area contributed by atoms with Crippen LogP contribution in [0.5, 0.6) is 5.75 Å². The number of aliphatic hydroxyl groups is 3. The summed E-state index contributed by atoms with van der Waals surface area (Å²) in [6, 6.07) is 5.53. The van der Waals surface area contributed by atoms with Gasteiger partial charge < -0.3 is 31.5 Å². The van der Waals surface area contributed by atoms with Gasteiger partial charge in [0.1, 0.15) is 21.9 Å². The standard InChI is InChI=1S/C30H27BrF3N3O8.BrH/c1-37(2)21-15-10-13-9-12-5-8-16(36-28(44)20(31)11-3-6-14(7-4-11)30(32,33)34)22(38)17(12)23(39)18(13)25(41)29(15,45)26(42)19(24(21)40)27(35)43;/h3-8,13,15,20-21,38,40-41,45H,9-10H2,1-2H3,(H2,35,43)(H,36,44);1H/t13?,15?,20?,21-,29?;/m0./s1. The van der Waals surface area contributed by atoms with Gasteiger partial charge in [0.25, 0.3) is 5.91 Å². The van der Waals surface area contributed by atoms with Gasteiger partial charge in [0.2, 0.25) is 11.7 Å². The number of nitrogens with one attached hydrogen (secondary N) is 1. The Bertz CT molecular complexity index is 1720. The number of ketones is 2. The van der Waals surface area contributed by atoms with E-state index in [-0.39, 0.29) is 52.2 Å². The lowest BCUT2D eigenvalue weighted by atomic mass is 9.58. The number of fused-ring (bicyclic) bond motifs is 3. The summed E-state index contributed by atoms with van der Waals surface area (Å²) in [5.74, 6) is -8.74. The summed E-state index contributed by atoms with van der Waals surface area (Å²) in [5.41, 5.74) is 0.326. The summed E-state index contributed by atoms with van der Waals surface area (Å²) in [5, 5.41) is 47.4. The number of hydrogen-bond donors (Lipinski definition) is 6. The Morgan fingerprint density at radius 3 is 2.24 bits per heavy atom. The zero-order chi connectivity index (χ0) is 33.3. The number of halogens is 5. The quantitative estimate of drug-likeness (QED) is 0.149. The number of hydrogen-bond acceptors (Lipinski definition) is 9. The Morgan fingerprint density at radius 2 is 1.70 bits per heavy atom. The number of phenols is 1. The van der Waals surface area contributed by atoms with Gasteiger partial charge in [-0.05, 0) is 62.2 Å². The molecule has 2 aromatic carbocycles. The number of primary amides is 1. The van der Waals surface area contributed by atoms with Gasteiger partial charge in [-0.3, -0.25) is 24.1 Å². The van der Waals surface area contributed by atoms with Crippen molar-refractivity contribution >= 4 is 62.0 Å². The number of amides is 2. The number of nitrogens with two attached hydrogens (primary N) is 1. The first kappa shape index (κ1) is 35.1. The molecule has 4 unspecified atom stereocenters. The minimum atomic E-state index is -4.57. The molecule has 3 aliphatic carbocycles. The molecule has 46 heavy (non-hydrogen) atoms. The molecule has 0 spiro atoms. The highest BCUT2D eigenvalue weighted by atomic mass is 79.9. The lowest BCUT2D eigenvalue weighted by Crippen LogP contribution is -2.63. The van der Waals surface area contributed by atoms with Gasteiger partial charge in [-0.25, -0.2) is 0 Å². The van der Waals surface area contributed by atoms with Crippen LogP contribution >= 0.6 is 32.9 Å². The first-order valence-electron chi connectivity index (χ1n) is 13.5. The van der Waals surface area contributed by atoms with Crippen molar-refractivity contribution in [2.24, 2.45) is 17.6 Å². The lowest BCUT2D eigenvalue weighted by molar-refractivity contribution is -0.148. The maximum Gasteiger partial charge on any atom is 0.416 e. The third-order valence-electron chi connectivity index (χ3n) is 8.61. The number of carbonyl (C=O) groups is 4. The number of alkyl halides is 4. The predicted octanol–water partition coefficient (Wildman–Crippen LogP) is 3.79. The van der Waals surface area contributed by atoms with Gasteiger partial charge >= 0.3 is 6.18 Å². The SMILES string of the molecule is Br.CN(C)[C@@H]1C(O)=C(C(N)=O)C(=O)C2(O)C(O)=C3C(=O)c4c(ccc(NC(=O)C(Br)c5ccc(C(F)(F)F)cc5)c4O)CC3CC12. The molecular weight excluding hydrogens is 747 g/mol. The number of phenolic OH excluding ortho intramolecular Hbond substituents is 1. The Hall–Kier alpha value is -3.73. The fraction of sp³-hybridized carbons (Fsp3) is 0.333. The maximum absolute atomic E-state index is 13.8. The van der Waals surface area contributed by atoms with E-state index in [0.29, 0.717) is 5.56 Å². The highest BCUT2D eigenvalue weighted by Crippen LogP contribution is 2.52. The van der Waals surface area contributed by atoms with Crippen molar-refractivity contribution in [3.63, 3.8) is 0 Å². The van der Waals surface area contributed by atoms with Gasteiger partial charge in [-0.1, -0.05) is 34.1 Å². The summed E-state index contributed by atoms with van der Waals surface area (Å²) < 4.78 is 38.7. The first-order valence-corrected chi connectivity index (χ1v) is 14.4. The number of carbonyl (C=O) groups excluding carboxylic acids is 4. The van der Waals surface area contributed by atoms with Crippen molar-refractivity contribution in [1.29, 1.82) is 0 Å². The molecule has 0 fully saturated rings. The molecule has 0 saturated carbocycles. The average molecular weight is 775 g/mol. The van der Waals surface area contributed by atoms with Crippen LogP contribution in [0.1, 0.15) is 38.3 Å². The lowest BCUT2D eigenvalue weighted by Gasteiger charge is -2.50. The number of nitrogens with zero attached hydrogens (tertiary/aromatic N) is 1. The van der Waals surface area contributed by atoms with E-state index in [1.165, 1.54) is 31.1 Å². The van der Waals surface area contributed by atoms with E-state index in [9.17, 15) is 52.8 Å². The number of aromatic hydroxyl groups is 1. The van der Waals surface area contributed by atoms with Crippen molar-refractivity contribution in [3.05, 3.63) is 81.3 Å². The number of Topliss-reactive ketones (excluding diaryl/α,β-unsaturated/α-hetero) is 2. The topological polar surface area (TPSA) is 190 Å². The molecule has 0 aromatic heterocycles. The van der Waals surface area contributed by atoms with Gasteiger partial charge in [0.15, 0.2) is 17.1 Å². The van der Waals surface area contributed by atoms with Crippen LogP contribution in [-0.2, 0) is 27.0 Å². The molecule has 0 heterocycles. The number of benzene rings is 2. The van der Waals surface area contributed by atoms with E-state index < -0.39 is 86.3 Å². The largest absolute Gasteiger partial charge is 0.510 e. The molecule has 246 valence electrons. The smallest absolute Gasteiger partial charge is 0.416 e. The predicted molar refractivity (Wildman–Crippen MR) is 166 cm³/mol. The molecule has 0 bridgehead atoms. The molecular formula is C30H28Br2F3N3O8. The number of rotatable bonds is 5. The van der Waals surface area contributed by atoms with Gasteiger partial charge in [0, 0.05) is 11.5 Å². The fourth-order valence-corrected chi connectivity index (χ4v) is 6.93. The van der Waals surface area contributed by atoms with E-state index in [4.69, 9.17) is 5.73 Å². The average Bonchev–Trinajstić information content (AvgIpc) is 2.95. The molecule has 0 saturated heterocycles. The van der Waals surface area contributed by atoms with Crippen LogP contribution in [0.25, 0.3) is 0 Å². The molecule has 3 aliphatic rings. The van der Waals surface area contributed by atoms with Crippen LogP contribution in [0.4, 0.5) is 18.9 Å². The number of allylic oxidation sites excluding steroid dienone is 1. The van der Waals surface area contributed by atoms with Gasteiger partial charge in [-0.2, -0.15) is 13.2 Å². The Kier molecular flexibility index (Phi) is 9.27. The maximum atomic E-state index is 13.8. The zero-order valence-corrected chi connectivity index (χ0v) is 27.4. The van der Waals surface area contributed by atoms with E-state index in [0.717, 1.165) is 24.3 Å². The van der Waals surface area contributed by atoms with Crippen LogP contribution < -0.4 is 11.1 Å². The number of aliphatic hydroxyl groups excluding tert-OH is 2. The zero-order valence-electron chi connectivity index (χ0n) is 24.1. The third-order valence-corrected chi connectivity index (χ3v) is 9.56. The number of anilines is 1. The molecule has 7 N–H and O–H groups in total. The summed E-state index contributed by atoms with van der Waals surface area (Å²) in [7, 11) is 3.05. The van der Waals surface area contributed by atoms with Crippen molar-refractivity contribution in [2.75, 3.05) is 19.4 Å². The highest BCUT2D eigenvalue weighted by molar-refractivity contribution is 9.09. The van der Waals surface area contributed by atoms with E-state index in [1.807, 2.05) is 0 Å². The van der Waals surface area contributed by atoms with Crippen LogP contribution in [0.3, 0.4) is 0 Å². The summed E-state index contributed by atoms with van der Waals surface area (Å²) in [6.07, 6.45) is -4.59. The molecule has 5 atom stereocenters. The van der Waals surface area contributed by atoms with Crippen LogP contribution in [-0.4, -0.2) is 74.4 Å². The summed E-state index contributed by atoms with van der Waals surface area (Å²) in [4.78, 5) is 52.6. The van der Waals surface area contributed by atoms with Crippen LogP contribution in [0, 0.1) is 11.8 Å². The van der Waals surface area contributed by atoms with Crippen molar-refractivity contribution < 1.29 is 52.8 Å². The third kappa shape index (κ3) is 5.40. The number of likely N-dealkylation sites (N-methyl/N-ethyl adjacent to an activating group) is 1. The molecule has 0 aliphatic heterocycles. The van der Waals surface area contributed by atoms with Crippen molar-refractivity contribution in [3.8, 4) is 5.75 Å². The second-order valence-corrected chi connectivity index (χ2v) is 12.3. The monoisotopic (exact) mass is 773 g/mol. The first-order chi connectivity index (χ1) is 20.9. The molecule has 16 heteroatoms. The minimum absolute atomic E-state index is 0. The molecule has 0 radical (unpaired) electrons. The highest BCUT2D eigenvalue weighted by Gasteiger charge is 2.63. The Labute approximate surface area is 278 Å². The Balaban J connectivity index is 0.00000480. The van der Waals surface area contributed by atoms with Crippen molar-refractivity contribution in [2.45, 2.75) is 35.5 Å². The summed E-state index contributed by atoms with van der Waals surface area (Å²) >= 11 is 3.13. The second kappa shape index (κ2) is 12.1. The molecule has 2 amide bonds. The fourth-order valence-electron chi connectivity index (χ4n) is 6.51. The van der Waals surface area contributed by atoms with E-state index >= 15 is 0 Å². The second-order valence-electron chi connectivity index (χ2n) is 11.4. The molecule has 2 aromatic rings. The van der Waals surface area contributed by atoms with Crippen molar-refractivity contribution in [1.82, 2.24) is 4.90 Å². The summed E-state index contributed by atoms with van der Waals surface area (Å²) in [6.45, 7) is 0. The van der Waals surface area contributed by atoms with E-state index in [2.05, 4.69) is 21.2 Å². The van der Waals surface area contributed by atoms with Crippen LogP contribution in [0.15, 0.2) is 59.1 Å². The van der Waals surface area contributed by atoms with Gasteiger partial charge in [-0.15, -0.1) is 17.0 Å². The Morgan fingerprint density at radius 1 is 1.09 bits per heavy atom. The van der Waals surface area contributed by atoms with E-state index in [1.54, 1.807) is 0 Å². The minimum Gasteiger partial charge on any atom is -0.510 e. The molecule has 5 rings (SSSR count).